The summed E-state index contributed by atoms with van der Waals surface area (Å²) in [4.78, 5) is 0. The summed E-state index contributed by atoms with van der Waals surface area (Å²) in [6, 6.07) is 0. The molecule has 1 aliphatic rings. The fourth-order valence-corrected chi connectivity index (χ4v) is 1.21. The zero-order chi connectivity index (χ0) is 6.97. The van der Waals surface area contributed by atoms with E-state index in [1.165, 1.54) is 5.69 Å². The van der Waals surface area contributed by atoms with E-state index in [4.69, 9.17) is 0 Å². The smallest absolute Gasteiger partial charge is 0.0841 e. The molecule has 0 spiro atoms. The second-order valence-corrected chi connectivity index (χ2v) is 2.52. The molecule has 0 radical (unpaired) electrons. The number of fused-ring (bicyclic) bond motifs is 1. The zero-order valence-electron chi connectivity index (χ0n) is 5.96. The van der Waals surface area contributed by atoms with Crippen LogP contribution in [0.25, 0.3) is 0 Å². The molecule has 0 saturated carbocycles. The van der Waals surface area contributed by atoms with Crippen molar-refractivity contribution >= 4 is 0 Å². The third-order valence-electron chi connectivity index (χ3n) is 1.82. The average Bonchev–Trinajstić information content (AvgIpc) is 2.34. The molecule has 0 unspecified atom stereocenters. The van der Waals surface area contributed by atoms with Crippen LogP contribution in [0.4, 0.5) is 0 Å². The second-order valence-electron chi connectivity index (χ2n) is 2.52. The fraction of sp³-hybridized carbons (Fsp3) is 0.667. The quantitative estimate of drug-likeness (QED) is 0.534. The Morgan fingerprint density at radius 3 is 3.30 bits per heavy atom. The van der Waals surface area contributed by atoms with E-state index in [1.807, 2.05) is 11.6 Å². The van der Waals surface area contributed by atoms with Gasteiger partial charge in [0.15, 0.2) is 0 Å². The summed E-state index contributed by atoms with van der Waals surface area (Å²) in [5, 5.41) is 11.2. The molecule has 2 heterocycles. The van der Waals surface area contributed by atoms with Crippen LogP contribution in [0.3, 0.4) is 0 Å². The van der Waals surface area contributed by atoms with E-state index in [2.05, 4.69) is 15.6 Å². The Labute approximate surface area is 59.2 Å². The van der Waals surface area contributed by atoms with E-state index in [0.29, 0.717) is 0 Å². The van der Waals surface area contributed by atoms with Crippen molar-refractivity contribution in [1.29, 1.82) is 0 Å². The molecule has 1 N–H and O–H groups in total. The van der Waals surface area contributed by atoms with Gasteiger partial charge in [-0.15, -0.1) is 5.10 Å². The van der Waals surface area contributed by atoms with Gasteiger partial charge in [0.05, 0.1) is 17.9 Å². The van der Waals surface area contributed by atoms with Gasteiger partial charge in [0.2, 0.25) is 0 Å². The zero-order valence-corrected chi connectivity index (χ0v) is 5.96. The van der Waals surface area contributed by atoms with Crippen molar-refractivity contribution < 1.29 is 0 Å². The van der Waals surface area contributed by atoms with Crippen LogP contribution in [0.5, 0.6) is 0 Å². The Kier molecular flexibility index (Phi) is 1.20. The van der Waals surface area contributed by atoms with Crippen molar-refractivity contribution in [2.45, 2.75) is 20.0 Å². The van der Waals surface area contributed by atoms with Crippen LogP contribution in [0, 0.1) is 6.92 Å². The first-order chi connectivity index (χ1) is 4.88. The molecule has 2 rings (SSSR count). The first kappa shape index (κ1) is 5.85. The molecule has 1 aliphatic heterocycles. The summed E-state index contributed by atoms with van der Waals surface area (Å²) in [5.41, 5.74) is 2.28. The molecule has 0 fully saturated rings. The molecule has 4 heteroatoms. The van der Waals surface area contributed by atoms with Gasteiger partial charge in [-0.3, -0.25) is 0 Å². The van der Waals surface area contributed by atoms with Gasteiger partial charge >= 0.3 is 0 Å². The van der Waals surface area contributed by atoms with Crippen LogP contribution in [-0.4, -0.2) is 21.5 Å². The summed E-state index contributed by atoms with van der Waals surface area (Å²) < 4.78 is 1.96. The van der Waals surface area contributed by atoms with Gasteiger partial charge in [-0.2, -0.15) is 0 Å². The van der Waals surface area contributed by atoms with Crippen LogP contribution in [0.2, 0.25) is 0 Å². The van der Waals surface area contributed by atoms with E-state index in [9.17, 15) is 0 Å². The minimum atomic E-state index is 0.916. The molecule has 4 nitrogen and oxygen atoms in total. The Morgan fingerprint density at radius 1 is 1.60 bits per heavy atom. The normalized spacial score (nSPS) is 16.9. The molecule has 0 amide bonds. The first-order valence-electron chi connectivity index (χ1n) is 3.47. The van der Waals surface area contributed by atoms with Crippen LogP contribution in [-0.2, 0) is 13.1 Å². The molecule has 54 valence electrons. The average molecular weight is 138 g/mol. The van der Waals surface area contributed by atoms with Gasteiger partial charge in [-0.1, -0.05) is 5.21 Å². The van der Waals surface area contributed by atoms with Crippen molar-refractivity contribution in [2.24, 2.45) is 0 Å². The van der Waals surface area contributed by atoms with Crippen molar-refractivity contribution in [3.05, 3.63) is 11.4 Å². The standard InChI is InChI=1S/C6H10N4/c1-5-6-4-7-2-3-10(6)9-8-5/h7H,2-4H2,1H3. The second kappa shape index (κ2) is 2.05. The van der Waals surface area contributed by atoms with Crippen LogP contribution < -0.4 is 5.32 Å². The lowest BCUT2D eigenvalue weighted by molar-refractivity contribution is 0.467. The Hall–Kier alpha value is -0.900. The predicted molar refractivity (Wildman–Crippen MR) is 36.5 cm³/mol. The number of hydrogen-bond acceptors (Lipinski definition) is 3. The van der Waals surface area contributed by atoms with E-state index in [0.717, 1.165) is 25.3 Å². The van der Waals surface area contributed by atoms with Crippen LogP contribution in [0.15, 0.2) is 0 Å². The summed E-state index contributed by atoms with van der Waals surface area (Å²) in [6.45, 7) is 4.87. The molecular weight excluding hydrogens is 128 g/mol. The third kappa shape index (κ3) is 0.724. The largest absolute Gasteiger partial charge is 0.309 e. The predicted octanol–water partition coefficient (Wildman–Crippen LogP) is -0.310. The SMILES string of the molecule is Cc1nnn2c1CNCC2. The maximum Gasteiger partial charge on any atom is 0.0841 e. The van der Waals surface area contributed by atoms with Crippen molar-refractivity contribution in [2.75, 3.05) is 6.54 Å². The lowest BCUT2D eigenvalue weighted by Gasteiger charge is -2.13. The number of hydrogen-bond donors (Lipinski definition) is 1. The summed E-state index contributed by atoms with van der Waals surface area (Å²) >= 11 is 0. The lowest BCUT2D eigenvalue weighted by atomic mass is 10.3. The van der Waals surface area contributed by atoms with E-state index in [1.54, 1.807) is 0 Å². The van der Waals surface area contributed by atoms with Crippen LogP contribution in [0.1, 0.15) is 11.4 Å². The summed E-state index contributed by atoms with van der Waals surface area (Å²) in [5.74, 6) is 0. The van der Waals surface area contributed by atoms with Gasteiger partial charge in [0.1, 0.15) is 0 Å². The Bertz CT molecular complexity index is 240. The summed E-state index contributed by atoms with van der Waals surface area (Å²) in [7, 11) is 0. The van der Waals surface area contributed by atoms with E-state index < -0.39 is 0 Å². The third-order valence-corrected chi connectivity index (χ3v) is 1.82. The van der Waals surface area contributed by atoms with Gasteiger partial charge in [0.25, 0.3) is 0 Å². The minimum absolute atomic E-state index is 0.916. The van der Waals surface area contributed by atoms with Crippen molar-refractivity contribution in [3.63, 3.8) is 0 Å². The molecule has 10 heavy (non-hydrogen) atoms. The topological polar surface area (TPSA) is 42.7 Å². The number of aryl methyl sites for hydroxylation is 1. The molecule has 0 atom stereocenters. The number of aromatic nitrogens is 3. The molecule has 0 aromatic carbocycles. The monoisotopic (exact) mass is 138 g/mol. The van der Waals surface area contributed by atoms with Crippen molar-refractivity contribution in [3.8, 4) is 0 Å². The maximum absolute atomic E-state index is 3.98. The highest BCUT2D eigenvalue weighted by atomic mass is 15.4. The van der Waals surface area contributed by atoms with E-state index in [-0.39, 0.29) is 0 Å². The minimum Gasteiger partial charge on any atom is -0.309 e. The van der Waals surface area contributed by atoms with E-state index >= 15 is 0 Å². The highest BCUT2D eigenvalue weighted by Crippen LogP contribution is 2.05. The van der Waals surface area contributed by atoms with Gasteiger partial charge in [0, 0.05) is 13.1 Å². The molecular formula is C6H10N4. The fourth-order valence-electron chi connectivity index (χ4n) is 1.21. The van der Waals surface area contributed by atoms with Crippen molar-refractivity contribution in [1.82, 2.24) is 20.3 Å². The molecule has 1 aromatic rings. The maximum atomic E-state index is 3.98. The molecule has 0 aliphatic carbocycles. The molecule has 1 aromatic heterocycles. The van der Waals surface area contributed by atoms with Gasteiger partial charge < -0.3 is 5.32 Å². The summed E-state index contributed by atoms with van der Waals surface area (Å²) in [6.07, 6.45) is 0. The molecule has 0 bridgehead atoms. The van der Waals surface area contributed by atoms with Crippen LogP contribution >= 0.6 is 0 Å². The Balaban J connectivity index is 2.45. The van der Waals surface area contributed by atoms with Gasteiger partial charge in [-0.05, 0) is 6.92 Å². The molecule has 0 saturated heterocycles. The highest BCUT2D eigenvalue weighted by molar-refractivity contribution is 5.08. The number of nitrogens with zero attached hydrogens (tertiary/aromatic N) is 3. The number of rotatable bonds is 0. The Morgan fingerprint density at radius 2 is 2.50 bits per heavy atom. The number of nitrogens with one attached hydrogen (secondary N) is 1. The van der Waals surface area contributed by atoms with Gasteiger partial charge in [-0.25, -0.2) is 4.68 Å². The first-order valence-corrected chi connectivity index (χ1v) is 3.47. The highest BCUT2D eigenvalue weighted by Gasteiger charge is 2.11. The lowest BCUT2D eigenvalue weighted by Crippen LogP contribution is -2.28.